The van der Waals surface area contributed by atoms with Crippen LogP contribution >= 0.6 is 22.7 Å². The molecule has 2 rings (SSSR count). The topological polar surface area (TPSA) is 63.1 Å². The number of nitrogens with zero attached hydrogens (tertiary/aromatic N) is 2. The van der Waals surface area contributed by atoms with Crippen LogP contribution in [-0.2, 0) is 6.18 Å². The van der Waals surface area contributed by atoms with E-state index in [0.717, 1.165) is 11.3 Å². The maximum Gasteiger partial charge on any atom is 0.435 e. The monoisotopic (exact) mass is 280 g/mol. The van der Waals surface area contributed by atoms with E-state index in [1.165, 1.54) is 11.7 Å². The van der Waals surface area contributed by atoms with Crippen molar-refractivity contribution in [1.82, 2.24) is 9.97 Å². The first-order valence-electron chi connectivity index (χ1n) is 4.10. The quantitative estimate of drug-likeness (QED) is 0.918. The fourth-order valence-electron chi connectivity index (χ4n) is 1.08. The average molecular weight is 280 g/mol. The Bertz CT molecular complexity index is 548. The van der Waals surface area contributed by atoms with Gasteiger partial charge in [0.15, 0.2) is 5.69 Å². The van der Waals surface area contributed by atoms with Gasteiger partial charge < -0.3 is 5.11 Å². The van der Waals surface area contributed by atoms with Gasteiger partial charge in [0.2, 0.25) is 0 Å². The second kappa shape index (κ2) is 4.08. The lowest BCUT2D eigenvalue weighted by Gasteiger charge is -2.02. The summed E-state index contributed by atoms with van der Waals surface area (Å²) >= 11 is 1.59. The summed E-state index contributed by atoms with van der Waals surface area (Å²) in [7, 11) is 0. The van der Waals surface area contributed by atoms with Crippen molar-refractivity contribution in [2.24, 2.45) is 0 Å². The van der Waals surface area contributed by atoms with E-state index in [4.69, 9.17) is 5.11 Å². The zero-order valence-corrected chi connectivity index (χ0v) is 9.49. The van der Waals surface area contributed by atoms with E-state index in [-0.39, 0.29) is 5.01 Å². The Morgan fingerprint density at radius 1 is 1.41 bits per heavy atom. The molecular weight excluding hydrogens is 277 g/mol. The van der Waals surface area contributed by atoms with Crippen LogP contribution in [0.3, 0.4) is 0 Å². The Morgan fingerprint density at radius 3 is 2.53 bits per heavy atom. The standard InChI is InChI=1S/C8H3F3N2O2S2/c9-8(10,11)5-4(7(14)15)17-6(13-5)3-1-12-2-16-3/h1-2H,(H,14,15). The van der Waals surface area contributed by atoms with E-state index in [9.17, 15) is 18.0 Å². The molecular formula is C8H3F3N2O2S2. The van der Waals surface area contributed by atoms with Crippen molar-refractivity contribution in [3.63, 3.8) is 0 Å². The lowest BCUT2D eigenvalue weighted by atomic mass is 10.3. The van der Waals surface area contributed by atoms with Gasteiger partial charge in [0, 0.05) is 6.20 Å². The highest BCUT2D eigenvalue weighted by Crippen LogP contribution is 2.38. The minimum Gasteiger partial charge on any atom is -0.477 e. The van der Waals surface area contributed by atoms with Crippen LogP contribution in [0.2, 0.25) is 0 Å². The number of carbonyl (C=O) groups is 1. The van der Waals surface area contributed by atoms with Crippen molar-refractivity contribution in [1.29, 1.82) is 0 Å². The Morgan fingerprint density at radius 2 is 2.12 bits per heavy atom. The molecule has 0 saturated heterocycles. The van der Waals surface area contributed by atoms with Gasteiger partial charge in [-0.25, -0.2) is 9.78 Å². The summed E-state index contributed by atoms with van der Waals surface area (Å²) in [6, 6.07) is 0. The molecule has 0 amide bonds. The predicted octanol–water partition coefficient (Wildman–Crippen LogP) is 2.98. The molecule has 0 aliphatic heterocycles. The van der Waals surface area contributed by atoms with E-state index in [2.05, 4.69) is 9.97 Å². The highest BCUT2D eigenvalue weighted by Gasteiger charge is 2.39. The number of thiazole rings is 2. The van der Waals surface area contributed by atoms with Gasteiger partial charge >= 0.3 is 12.1 Å². The average Bonchev–Trinajstić information content (AvgIpc) is 2.85. The number of hydrogen-bond acceptors (Lipinski definition) is 5. The maximum absolute atomic E-state index is 12.5. The summed E-state index contributed by atoms with van der Waals surface area (Å²) in [5.41, 5.74) is 0.0724. The van der Waals surface area contributed by atoms with Gasteiger partial charge in [-0.1, -0.05) is 0 Å². The summed E-state index contributed by atoms with van der Waals surface area (Å²) < 4.78 is 37.6. The van der Waals surface area contributed by atoms with Crippen LogP contribution in [0.4, 0.5) is 13.2 Å². The Hall–Kier alpha value is -1.48. The van der Waals surface area contributed by atoms with Gasteiger partial charge in [0.1, 0.15) is 9.88 Å². The van der Waals surface area contributed by atoms with E-state index in [1.54, 1.807) is 0 Å². The summed E-state index contributed by atoms with van der Waals surface area (Å²) in [4.78, 5) is 17.3. The molecule has 0 aliphatic carbocycles. The zero-order valence-electron chi connectivity index (χ0n) is 7.85. The number of carboxylic acid groups (broad SMARTS) is 1. The van der Waals surface area contributed by atoms with Gasteiger partial charge in [-0.05, 0) is 0 Å². The predicted molar refractivity (Wildman–Crippen MR) is 55.2 cm³/mol. The summed E-state index contributed by atoms with van der Waals surface area (Å²) in [6.07, 6.45) is -3.43. The molecule has 2 aromatic rings. The molecule has 0 fully saturated rings. The van der Waals surface area contributed by atoms with Crippen molar-refractivity contribution >= 4 is 28.6 Å². The van der Waals surface area contributed by atoms with Crippen LogP contribution < -0.4 is 0 Å². The third-order valence-corrected chi connectivity index (χ3v) is 3.72. The van der Waals surface area contributed by atoms with Crippen LogP contribution in [0.15, 0.2) is 11.7 Å². The smallest absolute Gasteiger partial charge is 0.435 e. The van der Waals surface area contributed by atoms with Gasteiger partial charge in [-0.15, -0.1) is 22.7 Å². The first-order chi connectivity index (χ1) is 7.89. The summed E-state index contributed by atoms with van der Waals surface area (Å²) in [6.45, 7) is 0. The van der Waals surface area contributed by atoms with Crippen molar-refractivity contribution in [2.45, 2.75) is 6.18 Å². The van der Waals surface area contributed by atoms with E-state index < -0.39 is 22.7 Å². The van der Waals surface area contributed by atoms with Crippen LogP contribution in [-0.4, -0.2) is 21.0 Å². The number of carboxylic acids is 1. The molecule has 0 spiro atoms. The zero-order chi connectivity index (χ0) is 12.6. The Kier molecular flexibility index (Phi) is 2.87. The Balaban J connectivity index is 2.56. The fourth-order valence-corrected chi connectivity index (χ4v) is 2.69. The second-order valence-electron chi connectivity index (χ2n) is 2.87. The molecule has 0 saturated carbocycles. The molecule has 0 radical (unpaired) electrons. The highest BCUT2D eigenvalue weighted by atomic mass is 32.1. The van der Waals surface area contributed by atoms with Crippen molar-refractivity contribution in [3.8, 4) is 9.88 Å². The number of aromatic carboxylic acids is 1. The van der Waals surface area contributed by atoms with Crippen LogP contribution in [0, 0.1) is 0 Å². The second-order valence-corrected chi connectivity index (χ2v) is 4.75. The number of halogens is 3. The molecule has 9 heteroatoms. The molecule has 2 heterocycles. The van der Waals surface area contributed by atoms with Crippen molar-refractivity contribution in [3.05, 3.63) is 22.3 Å². The normalized spacial score (nSPS) is 11.7. The lowest BCUT2D eigenvalue weighted by molar-refractivity contribution is -0.141. The molecule has 0 atom stereocenters. The van der Waals surface area contributed by atoms with E-state index in [1.807, 2.05) is 0 Å². The minimum atomic E-state index is -4.77. The number of alkyl halides is 3. The lowest BCUT2D eigenvalue weighted by Crippen LogP contribution is -2.11. The minimum absolute atomic E-state index is 0.0113. The number of hydrogen-bond donors (Lipinski definition) is 1. The highest BCUT2D eigenvalue weighted by molar-refractivity contribution is 7.21. The summed E-state index contributed by atoms with van der Waals surface area (Å²) in [5.74, 6) is -1.63. The SMILES string of the molecule is O=C(O)c1sc(-c2cncs2)nc1C(F)(F)F. The van der Waals surface area contributed by atoms with Gasteiger partial charge in [0.25, 0.3) is 0 Å². The largest absolute Gasteiger partial charge is 0.477 e. The molecule has 90 valence electrons. The van der Waals surface area contributed by atoms with E-state index in [0.29, 0.717) is 16.2 Å². The van der Waals surface area contributed by atoms with Crippen LogP contribution in [0.25, 0.3) is 9.88 Å². The number of rotatable bonds is 2. The first kappa shape index (κ1) is 12.0. The van der Waals surface area contributed by atoms with E-state index >= 15 is 0 Å². The van der Waals surface area contributed by atoms with Gasteiger partial charge in [-0.3, -0.25) is 4.98 Å². The molecule has 17 heavy (non-hydrogen) atoms. The molecule has 2 aromatic heterocycles. The van der Waals surface area contributed by atoms with Crippen molar-refractivity contribution < 1.29 is 23.1 Å². The molecule has 0 aromatic carbocycles. The molecule has 0 aliphatic rings. The molecule has 1 N–H and O–H groups in total. The molecule has 0 unspecified atom stereocenters. The van der Waals surface area contributed by atoms with Crippen LogP contribution in [0.5, 0.6) is 0 Å². The maximum atomic E-state index is 12.5. The molecule has 4 nitrogen and oxygen atoms in total. The molecule has 0 bridgehead atoms. The number of aromatic nitrogens is 2. The summed E-state index contributed by atoms with van der Waals surface area (Å²) in [5, 5.41) is 8.71. The van der Waals surface area contributed by atoms with Crippen molar-refractivity contribution in [2.75, 3.05) is 0 Å². The third-order valence-electron chi connectivity index (χ3n) is 1.73. The third kappa shape index (κ3) is 2.29. The van der Waals surface area contributed by atoms with Gasteiger partial charge in [-0.2, -0.15) is 13.2 Å². The Labute approximate surface area is 100 Å². The van der Waals surface area contributed by atoms with Gasteiger partial charge in [0.05, 0.1) is 10.4 Å². The van der Waals surface area contributed by atoms with Crippen LogP contribution in [0.1, 0.15) is 15.4 Å². The first-order valence-corrected chi connectivity index (χ1v) is 5.79. The fraction of sp³-hybridized carbons (Fsp3) is 0.125.